The highest BCUT2D eigenvalue weighted by Crippen LogP contribution is 2.38. The van der Waals surface area contributed by atoms with E-state index in [0.717, 1.165) is 62.9 Å². The van der Waals surface area contributed by atoms with Crippen LogP contribution < -0.4 is 5.32 Å². The third-order valence-corrected chi connectivity index (χ3v) is 14.9. The van der Waals surface area contributed by atoms with Gasteiger partial charge in [-0.1, -0.05) is 44.0 Å². The van der Waals surface area contributed by atoms with Gasteiger partial charge in [-0.05, 0) is 84.4 Å². The first-order chi connectivity index (χ1) is 20.8. The van der Waals surface area contributed by atoms with Crippen molar-refractivity contribution in [2.24, 2.45) is 5.92 Å². The number of amides is 1. The Morgan fingerprint density at radius 2 is 1.70 bits per heavy atom. The Balaban J connectivity index is 1.98. The number of allylic oxidation sites excluding steroid dienone is 1. The minimum absolute atomic E-state index is 0.112. The van der Waals surface area contributed by atoms with E-state index in [-0.39, 0.29) is 41.9 Å². The lowest BCUT2D eigenvalue weighted by molar-refractivity contribution is -0.131. The molecule has 0 bridgehead atoms. The maximum Gasteiger partial charge on any atom is 0.257 e. The van der Waals surface area contributed by atoms with Gasteiger partial charge in [0.25, 0.3) is 5.91 Å². The summed E-state index contributed by atoms with van der Waals surface area (Å²) < 4.78 is 13.4. The number of nitrogens with zero attached hydrogens (tertiary/aromatic N) is 2. The van der Waals surface area contributed by atoms with Gasteiger partial charge >= 0.3 is 0 Å². The Morgan fingerprint density at radius 1 is 1.11 bits per heavy atom. The fraction of sp³-hybridized carbons (Fsp3) is 0.697. The van der Waals surface area contributed by atoms with Crippen molar-refractivity contribution in [2.75, 3.05) is 13.1 Å². The molecule has 1 aromatic heterocycles. The summed E-state index contributed by atoms with van der Waals surface area (Å²) in [6.45, 7) is 14.7. The van der Waals surface area contributed by atoms with Crippen molar-refractivity contribution >= 4 is 49.4 Å². The van der Waals surface area contributed by atoms with E-state index in [1.165, 1.54) is 0 Å². The van der Waals surface area contributed by atoms with Crippen LogP contribution in [0.3, 0.4) is 0 Å². The van der Waals surface area contributed by atoms with E-state index >= 15 is 0 Å². The Morgan fingerprint density at radius 3 is 2.18 bits per heavy atom. The van der Waals surface area contributed by atoms with Crippen molar-refractivity contribution < 1.29 is 18.8 Å². The minimum Gasteiger partial charge on any atom is -0.408 e. The molecular formula is C33H52Cl2N4O4Si. The van der Waals surface area contributed by atoms with Crippen molar-refractivity contribution in [1.82, 2.24) is 15.2 Å². The van der Waals surface area contributed by atoms with Crippen LogP contribution in [0.25, 0.3) is 0 Å². The summed E-state index contributed by atoms with van der Waals surface area (Å²) in [7, 11) is -2.18. The van der Waals surface area contributed by atoms with Gasteiger partial charge in [0.15, 0.2) is 8.32 Å². The molecule has 1 aromatic rings. The summed E-state index contributed by atoms with van der Waals surface area (Å²) in [5, 5.41) is 12.6. The van der Waals surface area contributed by atoms with Crippen LogP contribution in [0.2, 0.25) is 28.2 Å². The zero-order valence-corrected chi connectivity index (χ0v) is 30.1. The third-order valence-electron chi connectivity index (χ3n) is 9.69. The quantitative estimate of drug-likeness (QED) is 0.112. The van der Waals surface area contributed by atoms with Crippen LogP contribution in [0.5, 0.6) is 0 Å². The predicted molar refractivity (Wildman–Crippen MR) is 181 cm³/mol. The molecule has 8 nitrogen and oxygen atoms in total. The average molecular weight is 668 g/mol. The number of rotatable bonds is 15. The third kappa shape index (κ3) is 9.38. The summed E-state index contributed by atoms with van der Waals surface area (Å²) in [6, 6.07) is 2.92. The fourth-order valence-corrected chi connectivity index (χ4v) is 10.0. The first-order valence-corrected chi connectivity index (χ1v) is 19.5. The number of halogens is 2. The summed E-state index contributed by atoms with van der Waals surface area (Å²) in [4.78, 5) is 32.2. The second-order valence-corrected chi connectivity index (χ2v) is 18.6. The van der Waals surface area contributed by atoms with Crippen molar-refractivity contribution in [2.45, 2.75) is 129 Å². The monoisotopic (exact) mass is 666 g/mol. The molecule has 44 heavy (non-hydrogen) atoms. The van der Waals surface area contributed by atoms with Gasteiger partial charge in [0.2, 0.25) is 0 Å². The lowest BCUT2D eigenvalue weighted by atomic mass is 9.84. The first-order valence-electron chi connectivity index (χ1n) is 16.2. The molecule has 2 atom stereocenters. The van der Waals surface area contributed by atoms with Crippen molar-refractivity contribution in [3.63, 3.8) is 0 Å². The standard InChI is InChI=1S/C33H52Cl2N4O4Si/c1-8-44(9-2,10-3)43-30(31-28(34)18-37-19-29(31)35)21-39(20-26-15-16-33(6,7)42-26)32(41)27(17-36)22(4)38-25-13-11-24(12-14-25)23(5)40/h17-19,24-26,30,36,38H,8-16,20-21H2,1-7H3/b27-22+,36-17?/t24-,25-,26-,30?/m0/s1. The van der Waals surface area contributed by atoms with Gasteiger partial charge in [-0.2, -0.15) is 0 Å². The number of ketones is 1. The van der Waals surface area contributed by atoms with Crippen LogP contribution >= 0.6 is 23.2 Å². The maximum absolute atomic E-state index is 14.4. The number of pyridine rings is 1. The van der Waals surface area contributed by atoms with E-state index in [4.69, 9.17) is 37.8 Å². The number of carbonyl (C=O) groups excluding carboxylic acids is 2. The van der Waals surface area contributed by atoms with Crippen molar-refractivity contribution in [1.29, 1.82) is 5.41 Å². The second kappa shape index (κ2) is 16.2. The number of ether oxygens (including phenoxy) is 1. The molecule has 2 aliphatic rings. The summed E-state index contributed by atoms with van der Waals surface area (Å²) in [6.07, 6.45) is 8.66. The second-order valence-electron chi connectivity index (χ2n) is 13.1. The molecule has 1 aliphatic heterocycles. The number of nitrogens with one attached hydrogen (secondary N) is 2. The lowest BCUT2D eigenvalue weighted by Crippen LogP contribution is -2.46. The van der Waals surface area contributed by atoms with Gasteiger partial charge in [0, 0.05) is 48.4 Å². The number of hydrogen-bond donors (Lipinski definition) is 2. The zero-order valence-electron chi connectivity index (χ0n) is 27.6. The molecular weight excluding hydrogens is 615 g/mol. The van der Waals surface area contributed by atoms with Crippen LogP contribution in [0, 0.1) is 11.3 Å². The smallest absolute Gasteiger partial charge is 0.257 e. The Hall–Kier alpha value is -1.78. The first kappa shape index (κ1) is 36.7. The normalized spacial score (nSPS) is 23.1. The van der Waals surface area contributed by atoms with Gasteiger partial charge in [-0.25, -0.2) is 0 Å². The zero-order chi connectivity index (χ0) is 32.7. The molecule has 2 heterocycles. The van der Waals surface area contributed by atoms with Crippen LogP contribution in [0.15, 0.2) is 23.7 Å². The van der Waals surface area contributed by atoms with Gasteiger partial charge < -0.3 is 24.8 Å². The molecule has 1 saturated carbocycles. The highest BCUT2D eigenvalue weighted by atomic mass is 35.5. The number of hydrogen-bond acceptors (Lipinski definition) is 7. The number of carbonyl (C=O) groups is 2. The van der Waals surface area contributed by atoms with E-state index in [1.807, 2.05) is 6.92 Å². The summed E-state index contributed by atoms with van der Waals surface area (Å²) in [5.41, 5.74) is 1.33. The van der Waals surface area contributed by atoms with Crippen LogP contribution in [-0.4, -0.2) is 66.9 Å². The fourth-order valence-electron chi connectivity index (χ4n) is 6.64. The molecule has 11 heteroatoms. The van der Waals surface area contributed by atoms with Crippen molar-refractivity contribution in [3.8, 4) is 0 Å². The van der Waals surface area contributed by atoms with E-state index in [1.54, 1.807) is 24.2 Å². The van der Waals surface area contributed by atoms with E-state index < -0.39 is 14.4 Å². The van der Waals surface area contributed by atoms with Gasteiger partial charge in [0.05, 0.1) is 40.0 Å². The van der Waals surface area contributed by atoms with Crippen LogP contribution in [0.1, 0.15) is 98.7 Å². The van der Waals surface area contributed by atoms with E-state index in [0.29, 0.717) is 33.4 Å². The van der Waals surface area contributed by atoms with Crippen LogP contribution in [-0.2, 0) is 18.8 Å². The molecule has 0 aromatic carbocycles. The maximum atomic E-state index is 14.4. The molecule has 2 fully saturated rings. The average Bonchev–Trinajstić information content (AvgIpc) is 3.33. The molecule has 1 saturated heterocycles. The lowest BCUT2D eigenvalue weighted by Gasteiger charge is -2.37. The molecule has 1 unspecified atom stereocenters. The Labute approximate surface area is 275 Å². The van der Waals surface area contributed by atoms with E-state index in [2.05, 4.69) is 44.9 Å². The summed E-state index contributed by atoms with van der Waals surface area (Å²) >= 11 is 13.4. The highest BCUT2D eigenvalue weighted by molar-refractivity contribution is 6.73. The van der Waals surface area contributed by atoms with Gasteiger partial charge in [-0.15, -0.1) is 0 Å². The molecule has 1 aliphatic carbocycles. The van der Waals surface area contributed by atoms with Crippen molar-refractivity contribution in [3.05, 3.63) is 39.3 Å². The largest absolute Gasteiger partial charge is 0.408 e. The molecule has 0 radical (unpaired) electrons. The minimum atomic E-state index is -2.18. The molecule has 246 valence electrons. The summed E-state index contributed by atoms with van der Waals surface area (Å²) in [5.74, 6) is 0.0926. The number of aromatic nitrogens is 1. The Kier molecular flexibility index (Phi) is 13.5. The number of Topliss-reactive ketones (excluding diaryl/α,β-unsaturated/α-hetero) is 1. The highest BCUT2D eigenvalue weighted by Gasteiger charge is 2.38. The van der Waals surface area contributed by atoms with Gasteiger partial charge in [-0.3, -0.25) is 14.6 Å². The predicted octanol–water partition coefficient (Wildman–Crippen LogP) is 7.90. The SMILES string of the molecule is CC[Si](CC)(CC)OC(CN(C[C@@H]1CCC(C)(C)O1)C(=O)/C(C=N)=C(\C)N[C@H]1CC[C@H](C(C)=O)CC1)c1c(Cl)cncc1Cl. The molecule has 1 amide bonds. The Bertz CT molecular complexity index is 1170. The van der Waals surface area contributed by atoms with Gasteiger partial charge in [0.1, 0.15) is 5.78 Å². The molecule has 2 N–H and O–H groups in total. The topological polar surface area (TPSA) is 105 Å². The van der Waals surface area contributed by atoms with E-state index in [9.17, 15) is 9.59 Å². The molecule has 0 spiro atoms. The molecule has 3 rings (SSSR count). The van der Waals surface area contributed by atoms with Crippen LogP contribution in [0.4, 0.5) is 0 Å².